The van der Waals surface area contributed by atoms with Crippen LogP contribution >= 0.6 is 0 Å². The fourth-order valence-corrected chi connectivity index (χ4v) is 0.768. The molecule has 1 aromatic carbocycles. The van der Waals surface area contributed by atoms with Crippen LogP contribution in [0.2, 0.25) is 0 Å². The third-order valence-electron chi connectivity index (χ3n) is 1.13. The molecule has 0 aliphatic carbocycles. The summed E-state index contributed by atoms with van der Waals surface area (Å²) < 4.78 is 24.9. The van der Waals surface area contributed by atoms with Crippen molar-refractivity contribution in [2.24, 2.45) is 0 Å². The molecule has 62 valence electrons. The highest BCUT2D eigenvalue weighted by Gasteiger charge is 2.00. The number of benzene rings is 1. The van der Waals surface area contributed by atoms with Crippen LogP contribution in [0.1, 0.15) is 0 Å². The van der Waals surface area contributed by atoms with Gasteiger partial charge in [0.15, 0.2) is 0 Å². The van der Waals surface area contributed by atoms with Gasteiger partial charge < -0.3 is 5.32 Å². The first-order chi connectivity index (χ1) is 5.58. The zero-order valence-electron chi connectivity index (χ0n) is 5.97. The Labute approximate surface area is 68.2 Å². The second-order valence-corrected chi connectivity index (χ2v) is 2.15. The maximum Gasteiger partial charge on any atom is 0.229 e. The monoisotopic (exact) mass is 169 g/mol. The molecule has 1 aromatic rings. The highest BCUT2D eigenvalue weighted by Crippen LogP contribution is 2.12. The quantitative estimate of drug-likeness (QED) is 0.679. The number of anilines is 1. The van der Waals surface area contributed by atoms with Gasteiger partial charge in [-0.2, -0.15) is 0 Å². The van der Waals surface area contributed by atoms with E-state index < -0.39 is 17.5 Å². The van der Waals surface area contributed by atoms with Gasteiger partial charge in [0, 0.05) is 11.8 Å². The fourth-order valence-electron chi connectivity index (χ4n) is 0.768. The van der Waals surface area contributed by atoms with Gasteiger partial charge >= 0.3 is 0 Å². The highest BCUT2D eigenvalue weighted by molar-refractivity contribution is 5.93. The van der Waals surface area contributed by atoms with Crippen molar-refractivity contribution in [2.75, 3.05) is 5.32 Å². The number of hydrogen-bond acceptors (Lipinski definition) is 1. The molecule has 1 N–H and O–H groups in total. The van der Waals surface area contributed by atoms with Crippen LogP contribution in [0.4, 0.5) is 14.5 Å². The van der Waals surface area contributed by atoms with Crippen molar-refractivity contribution >= 4 is 11.6 Å². The molecule has 12 heavy (non-hydrogen) atoms. The summed E-state index contributed by atoms with van der Waals surface area (Å²) in [6.07, 6.45) is 0. The molecule has 0 heterocycles. The Hall–Kier alpha value is -1.45. The van der Waals surface area contributed by atoms with E-state index in [1.807, 2.05) is 5.32 Å². The van der Waals surface area contributed by atoms with Crippen molar-refractivity contribution in [2.45, 2.75) is 0 Å². The SMILES string of the molecule is [CH]C(=O)Nc1cc(F)cc(F)c1. The molecule has 0 spiro atoms. The van der Waals surface area contributed by atoms with E-state index in [0.717, 1.165) is 12.1 Å². The Morgan fingerprint density at radius 1 is 1.25 bits per heavy atom. The van der Waals surface area contributed by atoms with Gasteiger partial charge in [-0.3, -0.25) is 4.79 Å². The topological polar surface area (TPSA) is 29.1 Å². The average molecular weight is 169 g/mol. The third-order valence-corrected chi connectivity index (χ3v) is 1.13. The fraction of sp³-hybridized carbons (Fsp3) is 0. The largest absolute Gasteiger partial charge is 0.326 e. The van der Waals surface area contributed by atoms with Gasteiger partial charge in [0.05, 0.1) is 6.92 Å². The third kappa shape index (κ3) is 2.30. The van der Waals surface area contributed by atoms with Gasteiger partial charge in [-0.25, -0.2) is 8.78 Å². The van der Waals surface area contributed by atoms with Gasteiger partial charge in [-0.15, -0.1) is 0 Å². The number of amides is 1. The Kier molecular flexibility index (Phi) is 2.38. The lowest BCUT2D eigenvalue weighted by molar-refractivity contribution is -0.112. The first-order valence-electron chi connectivity index (χ1n) is 3.10. The van der Waals surface area contributed by atoms with Crippen molar-refractivity contribution in [3.05, 3.63) is 36.8 Å². The molecule has 0 aliphatic heterocycles. The zero-order valence-corrected chi connectivity index (χ0v) is 5.97. The summed E-state index contributed by atoms with van der Waals surface area (Å²) in [4.78, 5) is 10.3. The molecule has 0 aromatic heterocycles. The lowest BCUT2D eigenvalue weighted by Crippen LogP contribution is -2.06. The lowest BCUT2D eigenvalue weighted by Gasteiger charge is -2.00. The van der Waals surface area contributed by atoms with Crippen LogP contribution < -0.4 is 5.32 Å². The summed E-state index contributed by atoms with van der Waals surface area (Å²) in [5.74, 6) is -2.39. The summed E-state index contributed by atoms with van der Waals surface area (Å²) in [5.41, 5.74) is 0.000000000000000444. The first-order valence-corrected chi connectivity index (χ1v) is 3.10. The zero-order chi connectivity index (χ0) is 9.14. The summed E-state index contributed by atoms with van der Waals surface area (Å²) in [5, 5.41) is 2.05. The molecular weight excluding hydrogens is 164 g/mol. The second kappa shape index (κ2) is 3.30. The minimum Gasteiger partial charge on any atom is -0.326 e. The maximum atomic E-state index is 12.4. The van der Waals surface area contributed by atoms with Crippen molar-refractivity contribution in [1.29, 1.82) is 0 Å². The van der Waals surface area contributed by atoms with E-state index in [0.29, 0.717) is 6.07 Å². The Morgan fingerprint density at radius 2 is 1.75 bits per heavy atom. The molecule has 1 amide bonds. The second-order valence-electron chi connectivity index (χ2n) is 2.15. The van der Waals surface area contributed by atoms with Crippen molar-refractivity contribution in [3.8, 4) is 0 Å². The van der Waals surface area contributed by atoms with Crippen LogP contribution in [0.5, 0.6) is 0 Å². The number of hydrogen-bond donors (Lipinski definition) is 1. The Balaban J connectivity index is 2.93. The average Bonchev–Trinajstić information content (AvgIpc) is 1.81. The molecule has 2 radical (unpaired) electrons. The highest BCUT2D eigenvalue weighted by atomic mass is 19.1. The van der Waals surface area contributed by atoms with Crippen LogP contribution in [0, 0.1) is 18.6 Å². The minimum absolute atomic E-state index is 0.000000000000000444. The van der Waals surface area contributed by atoms with E-state index in [9.17, 15) is 13.6 Å². The van der Waals surface area contributed by atoms with Crippen LogP contribution in [0.25, 0.3) is 0 Å². The molecule has 0 unspecified atom stereocenters. The standard InChI is InChI=1S/C8H5F2NO/c1-5(12)11-8-3-6(9)2-7(10)4-8/h1-4H,(H,11,12). The van der Waals surface area contributed by atoms with E-state index in [-0.39, 0.29) is 5.69 Å². The van der Waals surface area contributed by atoms with Crippen LogP contribution in [0.3, 0.4) is 0 Å². The summed E-state index contributed by atoms with van der Waals surface area (Å²) in [7, 11) is 0. The maximum absolute atomic E-state index is 12.4. The Bertz CT molecular complexity index is 292. The van der Waals surface area contributed by atoms with Gasteiger partial charge in [0.25, 0.3) is 0 Å². The number of rotatable bonds is 1. The molecule has 0 bridgehead atoms. The molecular formula is C8H5F2NO. The van der Waals surface area contributed by atoms with Gasteiger partial charge in [0.2, 0.25) is 5.91 Å². The van der Waals surface area contributed by atoms with Crippen molar-refractivity contribution in [3.63, 3.8) is 0 Å². The van der Waals surface area contributed by atoms with Crippen LogP contribution in [-0.4, -0.2) is 5.91 Å². The van der Waals surface area contributed by atoms with E-state index in [1.54, 1.807) is 0 Å². The van der Waals surface area contributed by atoms with Crippen molar-refractivity contribution in [1.82, 2.24) is 0 Å². The molecule has 0 aliphatic rings. The van der Waals surface area contributed by atoms with Crippen molar-refractivity contribution < 1.29 is 13.6 Å². The molecule has 4 heteroatoms. The number of carbonyl (C=O) groups excluding carboxylic acids is 1. The van der Waals surface area contributed by atoms with E-state index in [4.69, 9.17) is 6.92 Å². The van der Waals surface area contributed by atoms with Gasteiger partial charge in [-0.05, 0) is 12.1 Å². The molecule has 0 fully saturated rings. The first kappa shape index (κ1) is 8.64. The van der Waals surface area contributed by atoms with Gasteiger partial charge in [0.1, 0.15) is 11.6 Å². The lowest BCUT2D eigenvalue weighted by atomic mass is 10.3. The minimum atomic E-state index is -0.861. The molecule has 0 saturated heterocycles. The molecule has 1 rings (SSSR count). The predicted molar refractivity (Wildman–Crippen MR) is 39.3 cm³/mol. The van der Waals surface area contributed by atoms with E-state index >= 15 is 0 Å². The Morgan fingerprint density at radius 3 is 2.17 bits per heavy atom. The smallest absolute Gasteiger partial charge is 0.229 e. The summed E-state index contributed by atoms with van der Waals surface area (Å²) >= 11 is 0. The van der Waals surface area contributed by atoms with Crippen LogP contribution in [0.15, 0.2) is 18.2 Å². The summed E-state index contributed by atoms with van der Waals surface area (Å²) in [6, 6.07) is 2.63. The van der Waals surface area contributed by atoms with E-state index in [1.165, 1.54) is 0 Å². The molecule has 0 saturated carbocycles. The van der Waals surface area contributed by atoms with Gasteiger partial charge in [-0.1, -0.05) is 0 Å². The number of halogens is 2. The summed E-state index contributed by atoms with van der Waals surface area (Å²) in [6.45, 7) is 4.73. The molecule has 2 nitrogen and oxygen atoms in total. The predicted octanol–water partition coefficient (Wildman–Crippen LogP) is 1.61. The number of nitrogens with one attached hydrogen (secondary N) is 1. The van der Waals surface area contributed by atoms with Crippen LogP contribution in [-0.2, 0) is 4.79 Å². The number of carbonyl (C=O) groups is 1. The van der Waals surface area contributed by atoms with E-state index in [2.05, 4.69) is 0 Å². The normalized spacial score (nSPS) is 9.58. The molecule has 0 atom stereocenters.